The molecule has 0 aliphatic carbocycles. The van der Waals surface area contributed by atoms with E-state index in [1.165, 1.54) is 12.0 Å². The number of amides is 2. The maximum atomic E-state index is 12.5. The molecule has 2 rings (SSSR count). The molecule has 2 atom stereocenters. The summed E-state index contributed by atoms with van der Waals surface area (Å²) in [5.74, 6) is -0.602. The predicted octanol–water partition coefficient (Wildman–Crippen LogP) is 0.518. The van der Waals surface area contributed by atoms with E-state index in [4.69, 9.17) is 10.5 Å². The standard InChI is InChI=1S/C13H15BrN2O4/c1-20-11-4-7(14)2-3-9(11)13(19)16-6-8(17)5-10(16)12(15)18/h2-4,8,10,17H,5-6H2,1H3,(H2,15,18). The minimum Gasteiger partial charge on any atom is -0.496 e. The van der Waals surface area contributed by atoms with Gasteiger partial charge in [-0.1, -0.05) is 15.9 Å². The van der Waals surface area contributed by atoms with Gasteiger partial charge in [0.15, 0.2) is 0 Å². The van der Waals surface area contributed by atoms with Crippen LogP contribution in [0.4, 0.5) is 0 Å². The Bertz CT molecular complexity index is 549. The Morgan fingerprint density at radius 1 is 1.50 bits per heavy atom. The zero-order chi connectivity index (χ0) is 14.9. The lowest BCUT2D eigenvalue weighted by atomic mass is 10.1. The second-order valence-corrected chi connectivity index (χ2v) is 5.53. The molecular weight excluding hydrogens is 328 g/mol. The van der Waals surface area contributed by atoms with Gasteiger partial charge in [0.05, 0.1) is 18.8 Å². The zero-order valence-corrected chi connectivity index (χ0v) is 12.5. The van der Waals surface area contributed by atoms with Gasteiger partial charge >= 0.3 is 0 Å². The summed E-state index contributed by atoms with van der Waals surface area (Å²) >= 11 is 3.30. The molecule has 0 saturated carbocycles. The van der Waals surface area contributed by atoms with Crippen molar-refractivity contribution in [3.8, 4) is 5.75 Å². The van der Waals surface area contributed by atoms with Crippen LogP contribution >= 0.6 is 15.9 Å². The Kier molecular flexibility index (Phi) is 4.29. The summed E-state index contributed by atoms with van der Waals surface area (Å²) in [6.45, 7) is 0.0889. The molecule has 0 spiro atoms. The third-order valence-electron chi connectivity index (χ3n) is 3.26. The summed E-state index contributed by atoms with van der Waals surface area (Å²) in [7, 11) is 1.46. The molecule has 108 valence electrons. The van der Waals surface area contributed by atoms with Crippen LogP contribution in [-0.4, -0.2) is 47.6 Å². The van der Waals surface area contributed by atoms with Crippen LogP contribution in [0, 0.1) is 0 Å². The van der Waals surface area contributed by atoms with Gasteiger partial charge < -0.3 is 20.5 Å². The van der Waals surface area contributed by atoms with Crippen LogP contribution < -0.4 is 10.5 Å². The van der Waals surface area contributed by atoms with Gasteiger partial charge in [-0.25, -0.2) is 0 Å². The largest absolute Gasteiger partial charge is 0.496 e. The van der Waals surface area contributed by atoms with Crippen LogP contribution in [0.1, 0.15) is 16.8 Å². The van der Waals surface area contributed by atoms with Crippen molar-refractivity contribution in [3.63, 3.8) is 0 Å². The summed E-state index contributed by atoms with van der Waals surface area (Å²) in [6.07, 6.45) is -0.571. The molecule has 1 heterocycles. The van der Waals surface area contributed by atoms with E-state index in [0.29, 0.717) is 11.3 Å². The normalized spacial score (nSPS) is 21.9. The average molecular weight is 343 g/mol. The third-order valence-corrected chi connectivity index (χ3v) is 3.76. The van der Waals surface area contributed by atoms with Crippen LogP contribution in [-0.2, 0) is 4.79 Å². The van der Waals surface area contributed by atoms with E-state index in [9.17, 15) is 14.7 Å². The van der Waals surface area contributed by atoms with Gasteiger partial charge in [0.25, 0.3) is 5.91 Å². The fourth-order valence-electron chi connectivity index (χ4n) is 2.30. The Hall–Kier alpha value is -1.60. The van der Waals surface area contributed by atoms with E-state index in [1.807, 2.05) is 0 Å². The molecule has 20 heavy (non-hydrogen) atoms. The van der Waals surface area contributed by atoms with E-state index in [2.05, 4.69) is 15.9 Å². The quantitative estimate of drug-likeness (QED) is 0.837. The third kappa shape index (κ3) is 2.78. The number of ether oxygens (including phenoxy) is 1. The fraction of sp³-hybridized carbons (Fsp3) is 0.385. The van der Waals surface area contributed by atoms with Gasteiger partial charge in [0, 0.05) is 17.4 Å². The van der Waals surface area contributed by atoms with Crippen molar-refractivity contribution >= 4 is 27.7 Å². The highest BCUT2D eigenvalue weighted by Crippen LogP contribution is 2.27. The number of methoxy groups -OCH3 is 1. The number of β-amino-alcohol motifs (C(OH)–C–C–N with tert-alkyl or cyclic N) is 1. The van der Waals surface area contributed by atoms with Gasteiger partial charge in [-0.15, -0.1) is 0 Å². The van der Waals surface area contributed by atoms with Crippen molar-refractivity contribution in [1.82, 2.24) is 4.90 Å². The van der Waals surface area contributed by atoms with Gasteiger partial charge in [0.1, 0.15) is 11.8 Å². The molecule has 7 heteroatoms. The van der Waals surface area contributed by atoms with Crippen LogP contribution in [0.15, 0.2) is 22.7 Å². The molecule has 6 nitrogen and oxygen atoms in total. The monoisotopic (exact) mass is 342 g/mol. The molecule has 0 aromatic heterocycles. The molecule has 1 fully saturated rings. The number of benzene rings is 1. The van der Waals surface area contributed by atoms with Crippen molar-refractivity contribution < 1.29 is 19.4 Å². The molecule has 0 bridgehead atoms. The van der Waals surface area contributed by atoms with E-state index in [1.54, 1.807) is 18.2 Å². The second kappa shape index (κ2) is 5.80. The van der Waals surface area contributed by atoms with Crippen molar-refractivity contribution in [2.45, 2.75) is 18.6 Å². The van der Waals surface area contributed by atoms with Crippen LogP contribution in [0.25, 0.3) is 0 Å². The smallest absolute Gasteiger partial charge is 0.258 e. The molecule has 3 N–H and O–H groups in total. The number of hydrogen-bond donors (Lipinski definition) is 2. The Morgan fingerprint density at radius 2 is 2.20 bits per heavy atom. The topological polar surface area (TPSA) is 92.9 Å². The predicted molar refractivity (Wildman–Crippen MR) is 75.3 cm³/mol. The van der Waals surface area contributed by atoms with Crippen molar-refractivity contribution in [3.05, 3.63) is 28.2 Å². The highest BCUT2D eigenvalue weighted by atomic mass is 79.9. The number of aliphatic hydroxyl groups excluding tert-OH is 1. The lowest BCUT2D eigenvalue weighted by Gasteiger charge is -2.22. The fourth-order valence-corrected chi connectivity index (χ4v) is 2.64. The van der Waals surface area contributed by atoms with Gasteiger partial charge in [-0.3, -0.25) is 9.59 Å². The maximum absolute atomic E-state index is 12.5. The molecule has 1 aliphatic rings. The number of nitrogens with zero attached hydrogens (tertiary/aromatic N) is 1. The Morgan fingerprint density at radius 3 is 2.80 bits per heavy atom. The maximum Gasteiger partial charge on any atom is 0.258 e. The number of likely N-dealkylation sites (tertiary alicyclic amines) is 1. The summed E-state index contributed by atoms with van der Waals surface area (Å²) < 4.78 is 5.95. The van der Waals surface area contributed by atoms with Gasteiger partial charge in [-0.05, 0) is 18.2 Å². The SMILES string of the molecule is COc1cc(Br)ccc1C(=O)N1CC(O)CC1C(N)=O. The van der Waals surface area contributed by atoms with E-state index in [0.717, 1.165) is 4.47 Å². The first-order valence-electron chi connectivity index (χ1n) is 6.06. The van der Waals surface area contributed by atoms with Crippen LogP contribution in [0.3, 0.4) is 0 Å². The minimum absolute atomic E-state index is 0.0889. The lowest BCUT2D eigenvalue weighted by Crippen LogP contribution is -2.43. The molecule has 1 aromatic carbocycles. The average Bonchev–Trinajstić information content (AvgIpc) is 2.80. The number of hydrogen-bond acceptors (Lipinski definition) is 4. The minimum atomic E-state index is -0.786. The summed E-state index contributed by atoms with van der Waals surface area (Å²) in [4.78, 5) is 25.2. The first kappa shape index (κ1) is 14.8. The van der Waals surface area contributed by atoms with Gasteiger partial charge in [0.2, 0.25) is 5.91 Å². The second-order valence-electron chi connectivity index (χ2n) is 4.61. The van der Waals surface area contributed by atoms with Crippen molar-refractivity contribution in [1.29, 1.82) is 0 Å². The lowest BCUT2D eigenvalue weighted by molar-refractivity contribution is -0.121. The number of carbonyl (C=O) groups excluding carboxylic acids is 2. The van der Waals surface area contributed by atoms with Crippen LogP contribution in [0.2, 0.25) is 0 Å². The summed E-state index contributed by atoms with van der Waals surface area (Å²) in [5, 5.41) is 9.64. The van der Waals surface area contributed by atoms with Crippen LogP contribution in [0.5, 0.6) is 5.75 Å². The summed E-state index contributed by atoms with van der Waals surface area (Å²) in [6, 6.07) is 4.19. The molecule has 1 saturated heterocycles. The molecule has 1 aromatic rings. The number of nitrogens with two attached hydrogens (primary N) is 1. The van der Waals surface area contributed by atoms with E-state index >= 15 is 0 Å². The number of carbonyl (C=O) groups is 2. The zero-order valence-electron chi connectivity index (χ0n) is 10.9. The molecule has 2 amide bonds. The van der Waals surface area contributed by atoms with E-state index < -0.39 is 18.1 Å². The number of primary amides is 1. The van der Waals surface area contributed by atoms with Crippen molar-refractivity contribution in [2.75, 3.05) is 13.7 Å². The number of halogens is 1. The Balaban J connectivity index is 2.33. The molecule has 2 unspecified atom stereocenters. The van der Waals surface area contributed by atoms with Crippen molar-refractivity contribution in [2.24, 2.45) is 5.73 Å². The molecular formula is C13H15BrN2O4. The first-order valence-corrected chi connectivity index (χ1v) is 6.85. The molecule has 1 aliphatic heterocycles. The highest BCUT2D eigenvalue weighted by molar-refractivity contribution is 9.10. The van der Waals surface area contributed by atoms with E-state index in [-0.39, 0.29) is 18.9 Å². The first-order chi connectivity index (χ1) is 9.43. The molecule has 0 radical (unpaired) electrons. The Labute approximate surface area is 124 Å². The number of aliphatic hydroxyl groups is 1. The highest BCUT2D eigenvalue weighted by Gasteiger charge is 2.38. The number of rotatable bonds is 3. The summed E-state index contributed by atoms with van der Waals surface area (Å²) in [5.41, 5.74) is 5.61. The van der Waals surface area contributed by atoms with Gasteiger partial charge in [-0.2, -0.15) is 0 Å².